The summed E-state index contributed by atoms with van der Waals surface area (Å²) < 4.78 is 7.05. The molecule has 0 unspecified atom stereocenters. The molecule has 0 radical (unpaired) electrons. The van der Waals surface area contributed by atoms with Crippen LogP contribution in [0.2, 0.25) is 0 Å². The van der Waals surface area contributed by atoms with Crippen LogP contribution < -0.4 is 5.32 Å². The molecule has 2 aromatic heterocycles. The Bertz CT molecular complexity index is 497. The zero-order valence-corrected chi connectivity index (χ0v) is 9.76. The van der Waals surface area contributed by atoms with Crippen LogP contribution in [-0.4, -0.2) is 33.0 Å². The van der Waals surface area contributed by atoms with Crippen LogP contribution in [-0.2, 0) is 7.05 Å². The van der Waals surface area contributed by atoms with E-state index in [1.54, 1.807) is 4.68 Å². The first kappa shape index (κ1) is 10.5. The number of nitrogens with zero attached hydrogens (tertiary/aromatic N) is 4. The molecule has 1 fully saturated rings. The van der Waals surface area contributed by atoms with E-state index in [0.717, 1.165) is 37.5 Å². The monoisotopic (exact) mass is 233 g/mol. The van der Waals surface area contributed by atoms with Gasteiger partial charge < -0.3 is 9.84 Å². The van der Waals surface area contributed by atoms with Crippen molar-refractivity contribution in [3.8, 4) is 11.5 Å². The van der Waals surface area contributed by atoms with E-state index >= 15 is 0 Å². The molecule has 6 heteroatoms. The summed E-state index contributed by atoms with van der Waals surface area (Å²) in [6.07, 6.45) is 4.14. The second kappa shape index (κ2) is 4.29. The SMILES string of the molecule is Cn1ccc(-c2noc([C@@H]3CCCNC3)n2)n1. The molecular weight excluding hydrogens is 218 g/mol. The molecule has 6 nitrogen and oxygen atoms in total. The van der Waals surface area contributed by atoms with Gasteiger partial charge >= 0.3 is 0 Å². The Labute approximate surface area is 99.0 Å². The highest BCUT2D eigenvalue weighted by molar-refractivity contribution is 5.46. The van der Waals surface area contributed by atoms with Crippen LogP contribution >= 0.6 is 0 Å². The molecule has 0 saturated carbocycles. The Kier molecular flexibility index (Phi) is 2.64. The fraction of sp³-hybridized carbons (Fsp3) is 0.545. The Morgan fingerprint density at radius 2 is 2.47 bits per heavy atom. The number of hydrogen-bond donors (Lipinski definition) is 1. The van der Waals surface area contributed by atoms with Crippen LogP contribution in [0, 0.1) is 0 Å². The van der Waals surface area contributed by atoms with Gasteiger partial charge in [0.2, 0.25) is 11.7 Å². The highest BCUT2D eigenvalue weighted by Crippen LogP contribution is 2.23. The maximum atomic E-state index is 5.32. The van der Waals surface area contributed by atoms with Crippen LogP contribution in [0.5, 0.6) is 0 Å². The molecule has 3 rings (SSSR count). The van der Waals surface area contributed by atoms with Gasteiger partial charge in [0, 0.05) is 19.8 Å². The standard InChI is InChI=1S/C11H15N5O/c1-16-6-4-9(14-16)10-13-11(17-15-10)8-3-2-5-12-7-8/h4,6,8,12H,2-3,5,7H2,1H3/t8-/m1/s1. The number of piperidine rings is 1. The third-order valence-corrected chi connectivity index (χ3v) is 3.03. The Balaban J connectivity index is 1.82. The summed E-state index contributed by atoms with van der Waals surface area (Å²) in [7, 11) is 1.87. The van der Waals surface area contributed by atoms with Crippen LogP contribution in [0.3, 0.4) is 0 Å². The van der Waals surface area contributed by atoms with Crippen molar-refractivity contribution >= 4 is 0 Å². The van der Waals surface area contributed by atoms with Crippen molar-refractivity contribution in [2.45, 2.75) is 18.8 Å². The van der Waals surface area contributed by atoms with Crippen molar-refractivity contribution < 1.29 is 4.52 Å². The first-order valence-electron chi connectivity index (χ1n) is 5.87. The van der Waals surface area contributed by atoms with E-state index in [-0.39, 0.29) is 0 Å². The molecule has 17 heavy (non-hydrogen) atoms. The molecule has 0 spiro atoms. The summed E-state index contributed by atoms with van der Waals surface area (Å²) in [5, 5.41) is 11.6. The van der Waals surface area contributed by atoms with E-state index in [4.69, 9.17) is 4.52 Å². The lowest BCUT2D eigenvalue weighted by Gasteiger charge is -2.18. The zero-order valence-electron chi connectivity index (χ0n) is 9.76. The number of aryl methyl sites for hydroxylation is 1. The van der Waals surface area contributed by atoms with Crippen molar-refractivity contribution in [1.82, 2.24) is 25.2 Å². The maximum Gasteiger partial charge on any atom is 0.231 e. The topological polar surface area (TPSA) is 68.8 Å². The fourth-order valence-corrected chi connectivity index (χ4v) is 2.10. The Morgan fingerprint density at radius 1 is 1.53 bits per heavy atom. The summed E-state index contributed by atoms with van der Waals surface area (Å²) in [6.45, 7) is 2.00. The van der Waals surface area contributed by atoms with Gasteiger partial charge in [-0.3, -0.25) is 4.68 Å². The first-order chi connectivity index (χ1) is 8.33. The van der Waals surface area contributed by atoms with E-state index in [0.29, 0.717) is 11.7 Å². The summed E-state index contributed by atoms with van der Waals surface area (Å²) >= 11 is 0. The Hall–Kier alpha value is -1.69. The molecule has 0 aromatic carbocycles. The Morgan fingerprint density at radius 3 is 3.18 bits per heavy atom. The molecule has 0 amide bonds. The molecular formula is C11H15N5O. The zero-order chi connectivity index (χ0) is 11.7. The number of aromatic nitrogens is 4. The normalized spacial score (nSPS) is 20.6. The van der Waals surface area contributed by atoms with E-state index in [2.05, 4.69) is 20.6 Å². The van der Waals surface area contributed by atoms with Crippen molar-refractivity contribution in [1.29, 1.82) is 0 Å². The molecule has 0 bridgehead atoms. The first-order valence-corrected chi connectivity index (χ1v) is 5.87. The predicted molar refractivity (Wildman–Crippen MR) is 61.3 cm³/mol. The van der Waals surface area contributed by atoms with E-state index < -0.39 is 0 Å². The quantitative estimate of drug-likeness (QED) is 0.836. The van der Waals surface area contributed by atoms with Crippen LogP contribution in [0.15, 0.2) is 16.8 Å². The lowest BCUT2D eigenvalue weighted by atomic mass is 10.00. The fourth-order valence-electron chi connectivity index (χ4n) is 2.10. The molecule has 1 atom stereocenters. The van der Waals surface area contributed by atoms with E-state index in [1.807, 2.05) is 19.3 Å². The van der Waals surface area contributed by atoms with Crippen molar-refractivity contribution in [2.24, 2.45) is 7.05 Å². The molecule has 1 aliphatic heterocycles. The highest BCUT2D eigenvalue weighted by Gasteiger charge is 2.22. The number of rotatable bonds is 2. The van der Waals surface area contributed by atoms with Gasteiger partial charge in [0.15, 0.2) is 0 Å². The molecule has 90 valence electrons. The van der Waals surface area contributed by atoms with Gasteiger partial charge in [0.1, 0.15) is 5.69 Å². The summed E-state index contributed by atoms with van der Waals surface area (Å²) in [5.74, 6) is 1.64. The van der Waals surface area contributed by atoms with Crippen molar-refractivity contribution in [3.05, 3.63) is 18.2 Å². The molecule has 1 saturated heterocycles. The van der Waals surface area contributed by atoms with Crippen molar-refractivity contribution in [2.75, 3.05) is 13.1 Å². The second-order valence-corrected chi connectivity index (χ2v) is 4.37. The van der Waals surface area contributed by atoms with Crippen LogP contribution in [0.4, 0.5) is 0 Å². The van der Waals surface area contributed by atoms with Crippen molar-refractivity contribution in [3.63, 3.8) is 0 Å². The van der Waals surface area contributed by atoms with Gasteiger partial charge in [-0.1, -0.05) is 5.16 Å². The van der Waals surface area contributed by atoms with Crippen LogP contribution in [0.1, 0.15) is 24.7 Å². The van der Waals surface area contributed by atoms with E-state index in [9.17, 15) is 0 Å². The molecule has 1 aliphatic rings. The lowest BCUT2D eigenvalue weighted by Crippen LogP contribution is -2.28. The molecule has 3 heterocycles. The molecule has 0 aliphatic carbocycles. The largest absolute Gasteiger partial charge is 0.339 e. The van der Waals surface area contributed by atoms with Gasteiger partial charge in [-0.15, -0.1) is 0 Å². The minimum atomic E-state index is 0.341. The van der Waals surface area contributed by atoms with Gasteiger partial charge in [0.25, 0.3) is 0 Å². The van der Waals surface area contributed by atoms with Gasteiger partial charge in [0.05, 0.1) is 5.92 Å². The van der Waals surface area contributed by atoms with Gasteiger partial charge in [-0.25, -0.2) is 0 Å². The van der Waals surface area contributed by atoms with Crippen LogP contribution in [0.25, 0.3) is 11.5 Å². The lowest BCUT2D eigenvalue weighted by molar-refractivity contribution is 0.322. The third kappa shape index (κ3) is 2.08. The smallest absolute Gasteiger partial charge is 0.231 e. The molecule has 2 aromatic rings. The highest BCUT2D eigenvalue weighted by atomic mass is 16.5. The minimum Gasteiger partial charge on any atom is -0.339 e. The summed E-state index contributed by atoms with van der Waals surface area (Å²) in [5.41, 5.74) is 0.756. The number of nitrogens with one attached hydrogen (secondary N) is 1. The van der Waals surface area contributed by atoms with E-state index in [1.165, 1.54) is 0 Å². The predicted octanol–water partition coefficient (Wildman–Crippen LogP) is 0.937. The van der Waals surface area contributed by atoms with Gasteiger partial charge in [-0.2, -0.15) is 10.1 Å². The molecule has 1 N–H and O–H groups in total. The average Bonchev–Trinajstić information content (AvgIpc) is 2.98. The second-order valence-electron chi connectivity index (χ2n) is 4.37. The summed E-state index contributed by atoms with van der Waals surface area (Å²) in [4.78, 5) is 4.42. The maximum absolute atomic E-state index is 5.32. The third-order valence-electron chi connectivity index (χ3n) is 3.03. The number of hydrogen-bond acceptors (Lipinski definition) is 5. The average molecular weight is 233 g/mol. The minimum absolute atomic E-state index is 0.341. The van der Waals surface area contributed by atoms with Gasteiger partial charge in [-0.05, 0) is 25.5 Å². The summed E-state index contributed by atoms with van der Waals surface area (Å²) in [6, 6.07) is 1.88.